The Morgan fingerprint density at radius 2 is 2.00 bits per heavy atom. The van der Waals surface area contributed by atoms with Crippen molar-refractivity contribution in [3.05, 3.63) is 33.9 Å². The van der Waals surface area contributed by atoms with Crippen LogP contribution in [0.15, 0.2) is 22.7 Å². The summed E-state index contributed by atoms with van der Waals surface area (Å²) in [4.78, 5) is 0. The average molecular weight is 264 g/mol. The Bertz CT molecular complexity index is 525. The molecule has 0 spiro atoms. The van der Waals surface area contributed by atoms with Gasteiger partial charge in [0.2, 0.25) is 0 Å². The van der Waals surface area contributed by atoms with Crippen molar-refractivity contribution in [3.63, 3.8) is 0 Å². The number of benzene rings is 1. The van der Waals surface area contributed by atoms with Gasteiger partial charge >= 0.3 is 0 Å². The molecule has 0 unspecified atom stereocenters. The molecule has 1 heterocycles. The first-order valence-electron chi connectivity index (χ1n) is 5.53. The van der Waals surface area contributed by atoms with E-state index >= 15 is 0 Å². The van der Waals surface area contributed by atoms with Crippen LogP contribution in [-0.4, -0.2) is 4.57 Å². The molecule has 0 fully saturated rings. The van der Waals surface area contributed by atoms with Crippen molar-refractivity contribution in [1.29, 1.82) is 0 Å². The van der Waals surface area contributed by atoms with E-state index in [1.165, 1.54) is 41.1 Å². The van der Waals surface area contributed by atoms with Crippen molar-refractivity contribution in [2.75, 3.05) is 0 Å². The van der Waals surface area contributed by atoms with Crippen LogP contribution in [0, 0.1) is 0 Å². The van der Waals surface area contributed by atoms with Gasteiger partial charge in [-0.3, -0.25) is 0 Å². The summed E-state index contributed by atoms with van der Waals surface area (Å²) in [5, 5.41) is 1.45. The molecule has 3 rings (SSSR count). The Hall–Kier alpha value is -0.760. The number of nitrogens with zero attached hydrogens (tertiary/aromatic N) is 1. The molecule has 1 aromatic carbocycles. The van der Waals surface area contributed by atoms with E-state index in [9.17, 15) is 0 Å². The molecule has 0 atom stereocenters. The summed E-state index contributed by atoms with van der Waals surface area (Å²) < 4.78 is 3.54. The molecule has 0 saturated carbocycles. The first-order valence-corrected chi connectivity index (χ1v) is 6.32. The zero-order valence-electron chi connectivity index (χ0n) is 8.89. The molecule has 0 aliphatic heterocycles. The summed E-state index contributed by atoms with van der Waals surface area (Å²) in [6.07, 6.45) is 5.20. The normalized spacial score (nSPS) is 15.6. The molecule has 2 aromatic rings. The lowest BCUT2D eigenvalue weighted by Crippen LogP contribution is -2.04. The molecule has 1 aliphatic rings. The van der Waals surface area contributed by atoms with Crippen LogP contribution in [-0.2, 0) is 19.9 Å². The van der Waals surface area contributed by atoms with Crippen LogP contribution in [0.1, 0.15) is 24.1 Å². The van der Waals surface area contributed by atoms with Crippen molar-refractivity contribution in [2.24, 2.45) is 7.05 Å². The maximum absolute atomic E-state index is 3.55. The monoisotopic (exact) mass is 263 g/mol. The van der Waals surface area contributed by atoms with E-state index in [0.29, 0.717) is 0 Å². The number of aromatic nitrogens is 1. The first-order chi connectivity index (χ1) is 7.27. The third kappa shape index (κ3) is 1.35. The number of rotatable bonds is 0. The fourth-order valence-electron chi connectivity index (χ4n) is 2.73. The van der Waals surface area contributed by atoms with Crippen LogP contribution >= 0.6 is 15.9 Å². The molecular formula is C13H14BrN. The predicted molar refractivity (Wildman–Crippen MR) is 67.3 cm³/mol. The van der Waals surface area contributed by atoms with Crippen LogP contribution in [0.25, 0.3) is 10.9 Å². The highest BCUT2D eigenvalue weighted by atomic mass is 79.9. The molecular weight excluding hydrogens is 250 g/mol. The highest BCUT2D eigenvalue weighted by Gasteiger charge is 2.17. The molecule has 1 aliphatic carbocycles. The van der Waals surface area contributed by atoms with E-state index in [2.05, 4.69) is 45.7 Å². The van der Waals surface area contributed by atoms with Crippen LogP contribution in [0.5, 0.6) is 0 Å². The lowest BCUT2D eigenvalue weighted by Gasteiger charge is -2.12. The molecule has 15 heavy (non-hydrogen) atoms. The Kier molecular flexibility index (Phi) is 2.13. The summed E-state index contributed by atoms with van der Waals surface area (Å²) in [5.41, 5.74) is 4.51. The van der Waals surface area contributed by atoms with Gasteiger partial charge in [0.25, 0.3) is 0 Å². The summed E-state index contributed by atoms with van der Waals surface area (Å²) in [7, 11) is 2.19. The Labute approximate surface area is 98.2 Å². The maximum Gasteiger partial charge on any atom is 0.0494 e. The zero-order chi connectivity index (χ0) is 10.4. The van der Waals surface area contributed by atoms with Crippen molar-refractivity contribution >= 4 is 26.8 Å². The summed E-state index contributed by atoms with van der Waals surface area (Å²) in [6, 6.07) is 6.63. The van der Waals surface area contributed by atoms with Crippen LogP contribution in [0.2, 0.25) is 0 Å². The molecule has 78 valence electrons. The first kappa shape index (κ1) is 9.46. The van der Waals surface area contributed by atoms with Gasteiger partial charge in [0, 0.05) is 28.1 Å². The standard InChI is InChI=1S/C13H14BrN/c1-15-12-5-3-2-4-10(12)11-7-6-9(14)8-13(11)15/h6-8H,2-5H2,1H3. The van der Waals surface area contributed by atoms with Gasteiger partial charge in [-0.1, -0.05) is 22.0 Å². The van der Waals surface area contributed by atoms with E-state index < -0.39 is 0 Å². The van der Waals surface area contributed by atoms with E-state index in [-0.39, 0.29) is 0 Å². The third-order valence-electron chi connectivity index (χ3n) is 3.49. The Morgan fingerprint density at radius 3 is 2.87 bits per heavy atom. The lowest BCUT2D eigenvalue weighted by molar-refractivity contribution is 0.653. The fraction of sp³-hybridized carbons (Fsp3) is 0.385. The van der Waals surface area contributed by atoms with Crippen LogP contribution in [0.3, 0.4) is 0 Å². The minimum Gasteiger partial charge on any atom is -0.347 e. The fourth-order valence-corrected chi connectivity index (χ4v) is 3.08. The lowest BCUT2D eigenvalue weighted by atomic mass is 9.96. The molecule has 0 N–H and O–H groups in total. The molecule has 1 aromatic heterocycles. The van der Waals surface area contributed by atoms with Gasteiger partial charge in [-0.25, -0.2) is 0 Å². The second-order valence-corrected chi connectivity index (χ2v) is 5.27. The summed E-state index contributed by atoms with van der Waals surface area (Å²) in [6.45, 7) is 0. The van der Waals surface area contributed by atoms with Gasteiger partial charge in [0.15, 0.2) is 0 Å². The second kappa shape index (κ2) is 3.38. The molecule has 1 nitrogen and oxygen atoms in total. The van der Waals surface area contributed by atoms with Crippen molar-refractivity contribution < 1.29 is 0 Å². The molecule has 0 radical (unpaired) electrons. The van der Waals surface area contributed by atoms with Gasteiger partial charge in [-0.05, 0) is 43.4 Å². The number of hydrogen-bond acceptors (Lipinski definition) is 0. The van der Waals surface area contributed by atoms with E-state index in [4.69, 9.17) is 0 Å². The predicted octanol–water partition coefficient (Wildman–Crippen LogP) is 3.82. The van der Waals surface area contributed by atoms with Crippen molar-refractivity contribution in [1.82, 2.24) is 4.57 Å². The second-order valence-electron chi connectivity index (χ2n) is 4.35. The maximum atomic E-state index is 3.55. The largest absolute Gasteiger partial charge is 0.347 e. The van der Waals surface area contributed by atoms with Crippen LogP contribution < -0.4 is 0 Å². The molecule has 0 amide bonds. The van der Waals surface area contributed by atoms with Crippen molar-refractivity contribution in [2.45, 2.75) is 25.7 Å². The molecule has 2 heteroatoms. The highest BCUT2D eigenvalue weighted by Crippen LogP contribution is 2.32. The smallest absolute Gasteiger partial charge is 0.0494 e. The average Bonchev–Trinajstić information content (AvgIpc) is 2.54. The van der Waals surface area contributed by atoms with E-state index in [1.807, 2.05) is 0 Å². The summed E-state index contributed by atoms with van der Waals surface area (Å²) >= 11 is 3.55. The Balaban J connectivity index is 2.38. The number of hydrogen-bond donors (Lipinski definition) is 0. The number of halogens is 1. The topological polar surface area (TPSA) is 4.93 Å². The van der Waals surface area contributed by atoms with Gasteiger partial charge < -0.3 is 4.57 Å². The summed E-state index contributed by atoms with van der Waals surface area (Å²) in [5.74, 6) is 0. The molecule has 0 saturated heterocycles. The third-order valence-corrected chi connectivity index (χ3v) is 3.98. The highest BCUT2D eigenvalue weighted by molar-refractivity contribution is 9.10. The number of fused-ring (bicyclic) bond motifs is 3. The minimum absolute atomic E-state index is 1.17. The zero-order valence-corrected chi connectivity index (χ0v) is 10.5. The molecule has 0 bridgehead atoms. The minimum atomic E-state index is 1.17. The Morgan fingerprint density at radius 1 is 1.20 bits per heavy atom. The van der Waals surface area contributed by atoms with Crippen LogP contribution in [0.4, 0.5) is 0 Å². The van der Waals surface area contributed by atoms with Gasteiger partial charge in [-0.15, -0.1) is 0 Å². The van der Waals surface area contributed by atoms with E-state index in [0.717, 1.165) is 0 Å². The quantitative estimate of drug-likeness (QED) is 0.681. The number of aryl methyl sites for hydroxylation is 2. The van der Waals surface area contributed by atoms with Gasteiger partial charge in [0.05, 0.1) is 0 Å². The van der Waals surface area contributed by atoms with Gasteiger partial charge in [0.1, 0.15) is 0 Å². The van der Waals surface area contributed by atoms with Crippen molar-refractivity contribution in [3.8, 4) is 0 Å². The van der Waals surface area contributed by atoms with E-state index in [1.54, 1.807) is 11.3 Å². The van der Waals surface area contributed by atoms with Gasteiger partial charge in [-0.2, -0.15) is 0 Å². The SMILES string of the molecule is Cn1c2c(c3ccc(Br)cc31)CCCC2.